The van der Waals surface area contributed by atoms with Crippen LogP contribution in [0.5, 0.6) is 11.5 Å². The van der Waals surface area contributed by atoms with Crippen LogP contribution in [0.1, 0.15) is 35.7 Å². The van der Waals surface area contributed by atoms with E-state index >= 15 is 0 Å². The molecule has 6 nitrogen and oxygen atoms in total. The molecule has 136 valence electrons. The van der Waals surface area contributed by atoms with Gasteiger partial charge in [-0.1, -0.05) is 37.3 Å². The Balaban J connectivity index is 1.51. The van der Waals surface area contributed by atoms with Gasteiger partial charge in [-0.05, 0) is 36.6 Å². The molecule has 26 heavy (non-hydrogen) atoms. The lowest BCUT2D eigenvalue weighted by Crippen LogP contribution is -2.37. The number of ether oxygens (including phenoxy) is 3. The summed E-state index contributed by atoms with van der Waals surface area (Å²) < 4.78 is 15.7. The van der Waals surface area contributed by atoms with Crippen LogP contribution < -0.4 is 14.8 Å². The summed E-state index contributed by atoms with van der Waals surface area (Å²) in [5.41, 5.74) is 1.45. The maximum absolute atomic E-state index is 12.2. The Labute approximate surface area is 152 Å². The van der Waals surface area contributed by atoms with Gasteiger partial charge in [0.25, 0.3) is 5.91 Å². The maximum Gasteiger partial charge on any atom is 0.339 e. The number of carbonyl (C=O) groups is 2. The predicted octanol–water partition coefficient (Wildman–Crippen LogP) is 2.88. The van der Waals surface area contributed by atoms with Gasteiger partial charge in [-0.25, -0.2) is 4.79 Å². The van der Waals surface area contributed by atoms with Gasteiger partial charge >= 0.3 is 5.97 Å². The number of nitrogens with one attached hydrogen (secondary N) is 1. The molecule has 0 aromatic heterocycles. The largest absolute Gasteiger partial charge is 0.454 e. The van der Waals surface area contributed by atoms with Gasteiger partial charge in [0.1, 0.15) is 0 Å². The van der Waals surface area contributed by atoms with Crippen molar-refractivity contribution in [3.63, 3.8) is 0 Å². The van der Waals surface area contributed by atoms with Gasteiger partial charge < -0.3 is 19.5 Å². The van der Waals surface area contributed by atoms with E-state index < -0.39 is 12.1 Å². The summed E-state index contributed by atoms with van der Waals surface area (Å²) in [5.74, 6) is 0.330. The molecule has 3 rings (SSSR count). The lowest BCUT2D eigenvalue weighted by molar-refractivity contribution is -0.129. The topological polar surface area (TPSA) is 73.9 Å². The zero-order chi connectivity index (χ0) is 18.5. The molecule has 0 aliphatic carbocycles. The molecule has 1 aliphatic heterocycles. The zero-order valence-corrected chi connectivity index (χ0v) is 14.7. The highest BCUT2D eigenvalue weighted by Crippen LogP contribution is 2.32. The van der Waals surface area contributed by atoms with Crippen LogP contribution in [-0.4, -0.2) is 31.3 Å². The molecular formula is C20H21NO5. The summed E-state index contributed by atoms with van der Waals surface area (Å²) in [6.07, 6.45) is -0.893. The highest BCUT2D eigenvalue weighted by molar-refractivity contribution is 5.92. The van der Waals surface area contributed by atoms with Crippen molar-refractivity contribution in [2.45, 2.75) is 25.9 Å². The van der Waals surface area contributed by atoms with Crippen LogP contribution in [0.4, 0.5) is 0 Å². The van der Waals surface area contributed by atoms with Crippen molar-refractivity contribution in [3.8, 4) is 11.5 Å². The van der Waals surface area contributed by atoms with Gasteiger partial charge in [0.2, 0.25) is 6.79 Å². The highest BCUT2D eigenvalue weighted by Gasteiger charge is 2.22. The van der Waals surface area contributed by atoms with E-state index in [4.69, 9.17) is 14.2 Å². The fourth-order valence-corrected chi connectivity index (χ4v) is 2.60. The molecule has 0 saturated heterocycles. The molecule has 2 aromatic rings. The lowest BCUT2D eigenvalue weighted by atomic mass is 10.0. The predicted molar refractivity (Wildman–Crippen MR) is 95.3 cm³/mol. The van der Waals surface area contributed by atoms with E-state index in [1.807, 2.05) is 37.3 Å². The molecule has 6 heteroatoms. The Kier molecular flexibility index (Phi) is 5.41. The average Bonchev–Trinajstić information content (AvgIpc) is 3.14. The average molecular weight is 355 g/mol. The fraction of sp³-hybridized carbons (Fsp3) is 0.300. The Bertz CT molecular complexity index is 790. The number of hydrogen-bond acceptors (Lipinski definition) is 5. The minimum Gasteiger partial charge on any atom is -0.454 e. The van der Waals surface area contributed by atoms with Crippen molar-refractivity contribution in [1.82, 2.24) is 5.32 Å². The third-order valence-electron chi connectivity index (χ3n) is 4.21. The number of esters is 1. The Morgan fingerprint density at radius 3 is 2.58 bits per heavy atom. The quantitative estimate of drug-likeness (QED) is 0.807. The minimum atomic E-state index is -0.893. The molecule has 1 N–H and O–H groups in total. The molecule has 0 saturated carbocycles. The molecule has 0 spiro atoms. The first kappa shape index (κ1) is 17.8. The molecule has 0 bridgehead atoms. The van der Waals surface area contributed by atoms with E-state index in [0.29, 0.717) is 23.6 Å². The van der Waals surface area contributed by atoms with Crippen LogP contribution in [0.3, 0.4) is 0 Å². The van der Waals surface area contributed by atoms with Crippen LogP contribution >= 0.6 is 0 Å². The molecule has 1 aliphatic rings. The third kappa shape index (κ3) is 4.14. The summed E-state index contributed by atoms with van der Waals surface area (Å²) >= 11 is 0. The van der Waals surface area contributed by atoms with E-state index in [9.17, 15) is 9.59 Å². The first-order valence-electron chi connectivity index (χ1n) is 8.48. The molecule has 2 atom stereocenters. The van der Waals surface area contributed by atoms with Crippen LogP contribution in [0, 0.1) is 0 Å². The monoisotopic (exact) mass is 355 g/mol. The van der Waals surface area contributed by atoms with Crippen molar-refractivity contribution in [1.29, 1.82) is 0 Å². The minimum absolute atomic E-state index is 0.131. The van der Waals surface area contributed by atoms with Crippen LogP contribution in [0.2, 0.25) is 0 Å². The first-order valence-corrected chi connectivity index (χ1v) is 8.48. The second kappa shape index (κ2) is 7.91. The van der Waals surface area contributed by atoms with Crippen LogP contribution in [-0.2, 0) is 9.53 Å². The van der Waals surface area contributed by atoms with Crippen LogP contribution in [0.25, 0.3) is 0 Å². The van der Waals surface area contributed by atoms with E-state index in [1.54, 1.807) is 25.1 Å². The first-order chi connectivity index (χ1) is 12.5. The van der Waals surface area contributed by atoms with Gasteiger partial charge in [-0.3, -0.25) is 4.79 Å². The second-order valence-corrected chi connectivity index (χ2v) is 6.17. The van der Waals surface area contributed by atoms with Gasteiger partial charge in [0.05, 0.1) is 5.56 Å². The van der Waals surface area contributed by atoms with Crippen molar-refractivity contribution < 1.29 is 23.8 Å². The van der Waals surface area contributed by atoms with Crippen molar-refractivity contribution in [2.75, 3.05) is 13.3 Å². The van der Waals surface area contributed by atoms with Gasteiger partial charge in [0, 0.05) is 6.54 Å². The molecule has 0 radical (unpaired) electrons. The zero-order valence-electron chi connectivity index (χ0n) is 14.7. The second-order valence-electron chi connectivity index (χ2n) is 6.17. The SMILES string of the molecule is C[C@H](CNC(=O)[C@@H](C)OC(=O)c1ccc2c(c1)OCO2)c1ccccc1. The summed E-state index contributed by atoms with van der Waals surface area (Å²) in [6.45, 7) is 4.17. The number of rotatable bonds is 6. The van der Waals surface area contributed by atoms with Crippen molar-refractivity contribution >= 4 is 11.9 Å². The smallest absolute Gasteiger partial charge is 0.339 e. The van der Waals surface area contributed by atoms with Gasteiger partial charge in [0.15, 0.2) is 17.6 Å². The van der Waals surface area contributed by atoms with Gasteiger partial charge in [-0.15, -0.1) is 0 Å². The summed E-state index contributed by atoms with van der Waals surface area (Å²) in [5, 5.41) is 2.82. The Hall–Kier alpha value is -3.02. The number of amides is 1. The summed E-state index contributed by atoms with van der Waals surface area (Å²) in [6, 6.07) is 14.7. The highest BCUT2D eigenvalue weighted by atomic mass is 16.7. The van der Waals surface area contributed by atoms with Crippen molar-refractivity contribution in [3.05, 3.63) is 59.7 Å². The summed E-state index contributed by atoms with van der Waals surface area (Å²) in [7, 11) is 0. The number of carbonyl (C=O) groups excluding carboxylic acids is 2. The molecule has 0 fully saturated rings. The standard InChI is InChI=1S/C20H21NO5/c1-13(15-6-4-3-5-7-15)11-21-19(22)14(2)26-20(23)16-8-9-17-18(10-16)25-12-24-17/h3-10,13-14H,11-12H2,1-2H3,(H,21,22)/t13-,14-/m1/s1. The van der Waals surface area contributed by atoms with E-state index in [2.05, 4.69) is 5.32 Å². The number of hydrogen-bond donors (Lipinski definition) is 1. The van der Waals surface area contributed by atoms with Crippen LogP contribution in [0.15, 0.2) is 48.5 Å². The van der Waals surface area contributed by atoms with Gasteiger partial charge in [-0.2, -0.15) is 0 Å². The Morgan fingerprint density at radius 1 is 1.08 bits per heavy atom. The fourth-order valence-electron chi connectivity index (χ4n) is 2.60. The molecular weight excluding hydrogens is 334 g/mol. The summed E-state index contributed by atoms with van der Waals surface area (Å²) in [4.78, 5) is 24.4. The molecule has 1 heterocycles. The van der Waals surface area contributed by atoms with E-state index in [0.717, 1.165) is 5.56 Å². The molecule has 1 amide bonds. The van der Waals surface area contributed by atoms with Crippen molar-refractivity contribution in [2.24, 2.45) is 0 Å². The van der Waals surface area contributed by atoms with E-state index in [-0.39, 0.29) is 18.6 Å². The maximum atomic E-state index is 12.2. The Morgan fingerprint density at radius 2 is 1.81 bits per heavy atom. The number of fused-ring (bicyclic) bond motifs is 1. The lowest BCUT2D eigenvalue weighted by Gasteiger charge is -2.16. The van der Waals surface area contributed by atoms with E-state index in [1.165, 1.54) is 0 Å². The third-order valence-corrected chi connectivity index (χ3v) is 4.21. The molecule has 2 aromatic carbocycles. The number of benzene rings is 2. The molecule has 0 unspecified atom stereocenters. The normalized spacial score (nSPS) is 14.4.